The van der Waals surface area contributed by atoms with E-state index < -0.39 is 0 Å². The van der Waals surface area contributed by atoms with Gasteiger partial charge in [0.15, 0.2) is 5.13 Å². The van der Waals surface area contributed by atoms with E-state index in [2.05, 4.69) is 20.1 Å². The summed E-state index contributed by atoms with van der Waals surface area (Å²) in [6, 6.07) is 3.94. The van der Waals surface area contributed by atoms with Crippen LogP contribution >= 0.6 is 11.3 Å². The summed E-state index contributed by atoms with van der Waals surface area (Å²) in [5.74, 6) is 0.478. The lowest BCUT2D eigenvalue weighted by Gasteiger charge is -2.03. The van der Waals surface area contributed by atoms with Crippen molar-refractivity contribution in [2.24, 2.45) is 0 Å². The molecule has 0 spiro atoms. The normalized spacial score (nSPS) is 11.0. The molecule has 0 aliphatic heterocycles. The Labute approximate surface area is 141 Å². The lowest BCUT2D eigenvalue weighted by atomic mass is 10.1. The van der Waals surface area contributed by atoms with Crippen molar-refractivity contribution in [3.05, 3.63) is 48.7 Å². The fourth-order valence-corrected chi connectivity index (χ4v) is 3.38. The molecule has 4 heterocycles. The van der Waals surface area contributed by atoms with Crippen LogP contribution in [0, 0.1) is 0 Å². The molecule has 4 aromatic heterocycles. The number of ether oxygens (including phenoxy) is 1. The van der Waals surface area contributed by atoms with E-state index in [0.29, 0.717) is 23.1 Å². The Hall–Kier alpha value is -3.00. The van der Waals surface area contributed by atoms with E-state index in [-0.39, 0.29) is 0 Å². The van der Waals surface area contributed by atoms with Crippen LogP contribution in [-0.2, 0) is 6.54 Å². The van der Waals surface area contributed by atoms with E-state index in [1.54, 1.807) is 25.7 Å². The predicted octanol–water partition coefficient (Wildman–Crippen LogP) is 2.59. The first kappa shape index (κ1) is 14.6. The van der Waals surface area contributed by atoms with Crippen LogP contribution < -0.4 is 10.5 Å². The van der Waals surface area contributed by atoms with Gasteiger partial charge in [0.2, 0.25) is 5.88 Å². The number of pyridine rings is 2. The molecule has 0 aliphatic carbocycles. The fourth-order valence-electron chi connectivity index (χ4n) is 2.53. The van der Waals surface area contributed by atoms with Crippen LogP contribution in [0.4, 0.5) is 5.13 Å². The zero-order chi connectivity index (χ0) is 16.5. The van der Waals surface area contributed by atoms with Gasteiger partial charge in [-0.2, -0.15) is 5.10 Å². The van der Waals surface area contributed by atoms with Gasteiger partial charge in [0.25, 0.3) is 0 Å². The molecule has 0 aromatic carbocycles. The SMILES string of the molecule is COc1ncc(-c2cnn(Cc3ccncc3)c2)c2sc(N)nc12. The first-order chi connectivity index (χ1) is 11.7. The molecular weight excluding hydrogens is 324 g/mol. The highest BCUT2D eigenvalue weighted by Crippen LogP contribution is 2.37. The summed E-state index contributed by atoms with van der Waals surface area (Å²) in [5, 5.41) is 4.92. The number of anilines is 1. The third kappa shape index (κ3) is 2.56. The molecule has 4 aromatic rings. The van der Waals surface area contributed by atoms with Crippen LogP contribution in [0.25, 0.3) is 21.3 Å². The standard InChI is InChI=1S/C16H14N6OS/c1-23-15-13-14(24-16(17)21-13)12(7-19-15)11-6-20-22(9-11)8-10-2-4-18-5-3-10/h2-7,9H,8H2,1H3,(H2,17,21). The molecule has 120 valence electrons. The van der Waals surface area contributed by atoms with Gasteiger partial charge in [-0.3, -0.25) is 9.67 Å². The monoisotopic (exact) mass is 338 g/mol. The lowest BCUT2D eigenvalue weighted by Crippen LogP contribution is -1.99. The van der Waals surface area contributed by atoms with Crippen molar-refractivity contribution in [2.75, 3.05) is 12.8 Å². The number of fused-ring (bicyclic) bond motifs is 1. The van der Waals surface area contributed by atoms with Gasteiger partial charge in [0, 0.05) is 35.9 Å². The van der Waals surface area contributed by atoms with Gasteiger partial charge in [0.05, 0.1) is 24.6 Å². The van der Waals surface area contributed by atoms with Crippen LogP contribution in [0.15, 0.2) is 43.1 Å². The molecule has 0 atom stereocenters. The number of nitrogens with two attached hydrogens (primary N) is 1. The van der Waals surface area contributed by atoms with Gasteiger partial charge in [-0.05, 0) is 17.7 Å². The molecule has 0 saturated heterocycles. The number of hydrogen-bond donors (Lipinski definition) is 1. The number of hydrogen-bond acceptors (Lipinski definition) is 7. The van der Waals surface area contributed by atoms with Crippen LogP contribution in [0.3, 0.4) is 0 Å². The number of aromatic nitrogens is 5. The van der Waals surface area contributed by atoms with E-state index >= 15 is 0 Å². The highest BCUT2D eigenvalue weighted by molar-refractivity contribution is 7.22. The maximum absolute atomic E-state index is 5.87. The molecule has 4 rings (SSSR count). The number of methoxy groups -OCH3 is 1. The molecule has 8 heteroatoms. The number of rotatable bonds is 4. The first-order valence-corrected chi connectivity index (χ1v) is 8.07. The van der Waals surface area contributed by atoms with Crippen molar-refractivity contribution in [1.29, 1.82) is 0 Å². The van der Waals surface area contributed by atoms with Crippen molar-refractivity contribution in [3.8, 4) is 17.0 Å². The van der Waals surface area contributed by atoms with E-state index in [1.165, 1.54) is 11.3 Å². The highest BCUT2D eigenvalue weighted by atomic mass is 32.1. The summed E-state index contributed by atoms with van der Waals surface area (Å²) in [6.07, 6.45) is 9.12. The second-order valence-electron chi connectivity index (χ2n) is 5.19. The summed E-state index contributed by atoms with van der Waals surface area (Å²) in [6.45, 7) is 0.681. The quantitative estimate of drug-likeness (QED) is 0.615. The van der Waals surface area contributed by atoms with Crippen molar-refractivity contribution in [2.45, 2.75) is 6.54 Å². The van der Waals surface area contributed by atoms with Crippen LogP contribution in [0.5, 0.6) is 5.88 Å². The zero-order valence-electron chi connectivity index (χ0n) is 12.9. The molecule has 0 bridgehead atoms. The number of thiazole rings is 1. The minimum atomic E-state index is 0.478. The average Bonchev–Trinajstić information content (AvgIpc) is 3.21. The summed E-state index contributed by atoms with van der Waals surface area (Å²) in [7, 11) is 1.57. The topological polar surface area (TPSA) is 91.7 Å². The Morgan fingerprint density at radius 1 is 1.25 bits per heavy atom. The van der Waals surface area contributed by atoms with Gasteiger partial charge in [-0.1, -0.05) is 11.3 Å². The maximum Gasteiger partial charge on any atom is 0.241 e. The average molecular weight is 338 g/mol. The van der Waals surface area contributed by atoms with Crippen molar-refractivity contribution < 1.29 is 4.74 Å². The van der Waals surface area contributed by atoms with E-state index in [4.69, 9.17) is 10.5 Å². The minimum absolute atomic E-state index is 0.478. The molecule has 0 aliphatic rings. The Balaban J connectivity index is 1.73. The van der Waals surface area contributed by atoms with Gasteiger partial charge in [0.1, 0.15) is 5.52 Å². The fraction of sp³-hybridized carbons (Fsp3) is 0.125. The molecule has 0 unspecified atom stereocenters. The van der Waals surface area contributed by atoms with E-state index in [9.17, 15) is 0 Å². The summed E-state index contributed by atoms with van der Waals surface area (Å²) in [4.78, 5) is 12.7. The van der Waals surface area contributed by atoms with Gasteiger partial charge >= 0.3 is 0 Å². The Morgan fingerprint density at radius 2 is 2.08 bits per heavy atom. The largest absolute Gasteiger partial charge is 0.479 e. The van der Waals surface area contributed by atoms with Gasteiger partial charge in [-0.15, -0.1) is 0 Å². The molecule has 7 nitrogen and oxygen atoms in total. The highest BCUT2D eigenvalue weighted by Gasteiger charge is 2.15. The van der Waals surface area contributed by atoms with Crippen molar-refractivity contribution in [1.82, 2.24) is 24.7 Å². The summed E-state index contributed by atoms with van der Waals surface area (Å²) >= 11 is 1.42. The summed E-state index contributed by atoms with van der Waals surface area (Å²) in [5.41, 5.74) is 9.60. The predicted molar refractivity (Wildman–Crippen MR) is 92.9 cm³/mol. The second-order valence-corrected chi connectivity index (χ2v) is 6.22. The van der Waals surface area contributed by atoms with Crippen LogP contribution in [0.1, 0.15) is 5.56 Å². The van der Waals surface area contributed by atoms with Gasteiger partial charge < -0.3 is 10.5 Å². The van der Waals surface area contributed by atoms with Crippen LogP contribution in [0.2, 0.25) is 0 Å². The molecule has 24 heavy (non-hydrogen) atoms. The maximum atomic E-state index is 5.87. The molecule has 2 N–H and O–H groups in total. The zero-order valence-corrected chi connectivity index (χ0v) is 13.7. The third-order valence-electron chi connectivity index (χ3n) is 3.63. The second kappa shape index (κ2) is 5.89. The lowest BCUT2D eigenvalue weighted by molar-refractivity contribution is 0.402. The third-order valence-corrected chi connectivity index (χ3v) is 4.55. The number of nitrogens with zero attached hydrogens (tertiary/aromatic N) is 5. The Morgan fingerprint density at radius 3 is 2.88 bits per heavy atom. The Kier molecular flexibility index (Phi) is 3.58. The van der Waals surface area contributed by atoms with E-state index in [0.717, 1.165) is 21.4 Å². The molecule has 0 amide bonds. The summed E-state index contributed by atoms with van der Waals surface area (Å²) < 4.78 is 8.09. The molecule has 0 radical (unpaired) electrons. The molecule has 0 fully saturated rings. The van der Waals surface area contributed by atoms with Crippen molar-refractivity contribution in [3.63, 3.8) is 0 Å². The minimum Gasteiger partial charge on any atom is -0.479 e. The van der Waals surface area contributed by atoms with Gasteiger partial charge in [-0.25, -0.2) is 9.97 Å². The first-order valence-electron chi connectivity index (χ1n) is 7.25. The molecular formula is C16H14N6OS. The van der Waals surface area contributed by atoms with Crippen molar-refractivity contribution >= 4 is 26.7 Å². The smallest absolute Gasteiger partial charge is 0.241 e. The van der Waals surface area contributed by atoms with E-state index in [1.807, 2.05) is 29.2 Å². The Bertz CT molecular complexity index is 994. The van der Waals surface area contributed by atoms with Crippen LogP contribution in [-0.4, -0.2) is 31.8 Å². The molecule has 0 saturated carbocycles. The number of nitrogen functional groups attached to an aromatic ring is 1.